The highest BCUT2D eigenvalue weighted by molar-refractivity contribution is 9.10. The summed E-state index contributed by atoms with van der Waals surface area (Å²) in [6.45, 7) is 1.04. The zero-order chi connectivity index (χ0) is 23.2. The van der Waals surface area contributed by atoms with Gasteiger partial charge in [0.05, 0.1) is 24.7 Å². The van der Waals surface area contributed by atoms with Gasteiger partial charge in [-0.2, -0.15) is 0 Å². The van der Waals surface area contributed by atoms with Crippen molar-refractivity contribution >= 4 is 50.4 Å². The molecule has 1 saturated heterocycles. The van der Waals surface area contributed by atoms with Crippen molar-refractivity contribution in [1.82, 2.24) is 15.2 Å². The Morgan fingerprint density at radius 3 is 2.61 bits per heavy atom. The predicted molar refractivity (Wildman–Crippen MR) is 130 cm³/mol. The molecule has 33 heavy (non-hydrogen) atoms. The number of hydrogen-bond acceptors (Lipinski definition) is 6. The minimum Gasteiger partial charge on any atom is -0.496 e. The summed E-state index contributed by atoms with van der Waals surface area (Å²) >= 11 is 5.10. The Morgan fingerprint density at radius 2 is 1.88 bits per heavy atom. The maximum atomic E-state index is 13.4. The maximum Gasteiger partial charge on any atom is 0.272 e. The number of methoxy groups -OCH3 is 2. The molecule has 2 aliphatic rings. The van der Waals surface area contributed by atoms with Gasteiger partial charge in [0, 0.05) is 33.9 Å². The van der Waals surface area contributed by atoms with Crippen LogP contribution < -0.4 is 14.8 Å². The number of carbonyl (C=O) groups is 2. The fourth-order valence-corrected chi connectivity index (χ4v) is 6.08. The summed E-state index contributed by atoms with van der Waals surface area (Å²) < 4.78 is 11.8. The first-order valence-electron chi connectivity index (χ1n) is 10.6. The number of benzene rings is 2. The van der Waals surface area contributed by atoms with Crippen LogP contribution in [-0.4, -0.2) is 53.9 Å². The van der Waals surface area contributed by atoms with Gasteiger partial charge in [0.2, 0.25) is 0 Å². The smallest absolute Gasteiger partial charge is 0.272 e. The molecule has 0 radical (unpaired) electrons. The number of nitrogens with one attached hydrogen (secondary N) is 1. The number of likely N-dealkylation sites (tertiary alicyclic amines) is 1. The molecule has 2 amide bonds. The SMILES string of the molecule is COc1cc(C(=O)N2CCC3(CC2)NC(=O)c2cc(Br)ccc2S3)nc2c(OC)cccc12. The topological polar surface area (TPSA) is 80.8 Å². The van der Waals surface area contributed by atoms with Crippen molar-refractivity contribution < 1.29 is 19.1 Å². The second-order valence-corrected chi connectivity index (χ2v) is 10.4. The van der Waals surface area contributed by atoms with E-state index in [9.17, 15) is 9.59 Å². The summed E-state index contributed by atoms with van der Waals surface area (Å²) in [6.07, 6.45) is 1.30. The zero-order valence-corrected chi connectivity index (χ0v) is 20.6. The average Bonchev–Trinajstić information content (AvgIpc) is 2.83. The molecule has 3 aromatic rings. The summed E-state index contributed by atoms with van der Waals surface area (Å²) in [7, 11) is 3.15. The van der Waals surface area contributed by atoms with Crippen molar-refractivity contribution in [2.24, 2.45) is 0 Å². The average molecular weight is 528 g/mol. The Kier molecular flexibility index (Phi) is 5.70. The Labute approximate surface area is 204 Å². The number of aromatic nitrogens is 1. The van der Waals surface area contributed by atoms with Gasteiger partial charge in [-0.05, 0) is 43.2 Å². The van der Waals surface area contributed by atoms with Crippen LogP contribution in [0.15, 0.2) is 51.8 Å². The van der Waals surface area contributed by atoms with Crippen molar-refractivity contribution in [3.63, 3.8) is 0 Å². The highest BCUT2D eigenvalue weighted by Gasteiger charge is 2.42. The molecule has 0 aliphatic carbocycles. The number of piperidine rings is 1. The summed E-state index contributed by atoms with van der Waals surface area (Å²) in [4.78, 5) is 33.0. The minimum atomic E-state index is -0.410. The first kappa shape index (κ1) is 22.0. The molecule has 5 rings (SSSR count). The number of amides is 2. The van der Waals surface area contributed by atoms with Crippen LogP contribution in [0, 0.1) is 0 Å². The highest BCUT2D eigenvalue weighted by atomic mass is 79.9. The van der Waals surface area contributed by atoms with Crippen LogP contribution in [0.4, 0.5) is 0 Å². The predicted octanol–water partition coefficient (Wildman–Crippen LogP) is 4.48. The third-order valence-corrected chi connectivity index (χ3v) is 8.08. The van der Waals surface area contributed by atoms with E-state index in [0.29, 0.717) is 54.2 Å². The number of carbonyl (C=O) groups excluding carboxylic acids is 2. The third-order valence-electron chi connectivity index (χ3n) is 6.11. The number of thioether (sulfide) groups is 1. The summed E-state index contributed by atoms with van der Waals surface area (Å²) in [5, 5.41) is 3.97. The number of ether oxygens (including phenoxy) is 2. The van der Waals surface area contributed by atoms with E-state index in [0.717, 1.165) is 14.8 Å². The molecular formula is C24H22BrN3O4S. The lowest BCUT2D eigenvalue weighted by atomic mass is 10.0. The normalized spacial score (nSPS) is 16.9. The monoisotopic (exact) mass is 527 g/mol. The van der Waals surface area contributed by atoms with Crippen LogP contribution in [0.2, 0.25) is 0 Å². The number of rotatable bonds is 3. The minimum absolute atomic E-state index is 0.0714. The molecule has 0 atom stereocenters. The van der Waals surface area contributed by atoms with E-state index in [2.05, 4.69) is 26.2 Å². The molecule has 2 aliphatic heterocycles. The summed E-state index contributed by atoms with van der Waals surface area (Å²) in [6, 6.07) is 13.0. The molecule has 1 N–H and O–H groups in total. The van der Waals surface area contributed by atoms with Gasteiger partial charge in [0.15, 0.2) is 0 Å². The van der Waals surface area contributed by atoms with Crippen LogP contribution in [0.1, 0.15) is 33.7 Å². The largest absolute Gasteiger partial charge is 0.496 e. The molecule has 0 bridgehead atoms. The lowest BCUT2D eigenvalue weighted by Gasteiger charge is -2.44. The number of pyridine rings is 1. The maximum absolute atomic E-state index is 13.4. The highest BCUT2D eigenvalue weighted by Crippen LogP contribution is 2.44. The van der Waals surface area contributed by atoms with Gasteiger partial charge >= 0.3 is 0 Å². The van der Waals surface area contributed by atoms with Crippen molar-refractivity contribution in [2.45, 2.75) is 22.6 Å². The van der Waals surface area contributed by atoms with Crippen LogP contribution in [0.3, 0.4) is 0 Å². The second kappa shape index (κ2) is 8.53. The Bertz CT molecular complexity index is 1270. The first-order valence-corrected chi connectivity index (χ1v) is 12.2. The molecule has 170 valence electrons. The van der Waals surface area contributed by atoms with Crippen molar-refractivity contribution in [1.29, 1.82) is 0 Å². The lowest BCUT2D eigenvalue weighted by molar-refractivity contribution is 0.0676. The number of hydrogen-bond donors (Lipinski definition) is 1. The quantitative estimate of drug-likeness (QED) is 0.540. The number of fused-ring (bicyclic) bond motifs is 2. The summed E-state index contributed by atoms with van der Waals surface area (Å²) in [5.74, 6) is 0.934. The number of nitrogens with zero attached hydrogens (tertiary/aromatic N) is 2. The van der Waals surface area contributed by atoms with Gasteiger partial charge in [-0.15, -0.1) is 0 Å². The van der Waals surface area contributed by atoms with Crippen LogP contribution in [0.25, 0.3) is 10.9 Å². The molecule has 1 spiro atoms. The third kappa shape index (κ3) is 3.93. The zero-order valence-electron chi connectivity index (χ0n) is 18.2. The molecule has 2 aromatic carbocycles. The van der Waals surface area contributed by atoms with Crippen LogP contribution in [0.5, 0.6) is 11.5 Å². The molecule has 0 saturated carbocycles. The van der Waals surface area contributed by atoms with Crippen molar-refractivity contribution in [2.75, 3.05) is 27.3 Å². The Morgan fingerprint density at radius 1 is 1.12 bits per heavy atom. The number of para-hydroxylation sites is 1. The molecule has 1 aromatic heterocycles. The number of halogens is 1. The molecule has 3 heterocycles. The van der Waals surface area contributed by atoms with E-state index in [1.54, 1.807) is 36.9 Å². The van der Waals surface area contributed by atoms with Gasteiger partial charge in [-0.1, -0.05) is 33.8 Å². The van der Waals surface area contributed by atoms with Crippen LogP contribution >= 0.6 is 27.7 Å². The van der Waals surface area contributed by atoms with Crippen LogP contribution in [-0.2, 0) is 0 Å². The molecule has 7 nitrogen and oxygen atoms in total. The Balaban J connectivity index is 1.38. The molecule has 9 heteroatoms. The first-order chi connectivity index (χ1) is 15.9. The van der Waals surface area contributed by atoms with Gasteiger partial charge in [0.1, 0.15) is 22.7 Å². The molecular weight excluding hydrogens is 506 g/mol. The van der Waals surface area contributed by atoms with E-state index in [-0.39, 0.29) is 11.8 Å². The van der Waals surface area contributed by atoms with Crippen molar-refractivity contribution in [3.05, 3.63) is 58.2 Å². The molecule has 1 fully saturated rings. The van der Waals surface area contributed by atoms with E-state index >= 15 is 0 Å². The van der Waals surface area contributed by atoms with E-state index in [4.69, 9.17) is 9.47 Å². The van der Waals surface area contributed by atoms with Crippen molar-refractivity contribution in [3.8, 4) is 11.5 Å². The molecule has 0 unspecified atom stereocenters. The fourth-order valence-electron chi connectivity index (χ4n) is 4.37. The van der Waals surface area contributed by atoms with Gasteiger partial charge in [0.25, 0.3) is 11.8 Å². The fraction of sp³-hybridized carbons (Fsp3) is 0.292. The summed E-state index contributed by atoms with van der Waals surface area (Å²) in [5.41, 5.74) is 1.59. The van der Waals surface area contributed by atoms with Gasteiger partial charge in [-0.3, -0.25) is 9.59 Å². The standard InChI is InChI=1S/C24H22BrN3O4S/c1-31-18-5-3-4-15-19(32-2)13-17(26-21(15)18)23(30)28-10-8-24(9-11-28)27-22(29)16-12-14(25)6-7-20(16)33-24/h3-7,12-13H,8-11H2,1-2H3,(H,27,29). The van der Waals surface area contributed by atoms with Gasteiger partial charge < -0.3 is 19.7 Å². The van der Waals surface area contributed by atoms with Gasteiger partial charge in [-0.25, -0.2) is 4.98 Å². The van der Waals surface area contributed by atoms with E-state index in [1.165, 1.54) is 0 Å². The van der Waals surface area contributed by atoms with E-state index in [1.807, 2.05) is 36.4 Å². The van der Waals surface area contributed by atoms with E-state index < -0.39 is 4.87 Å². The lowest BCUT2D eigenvalue weighted by Crippen LogP contribution is -2.55. The Hall–Kier alpha value is -2.78. The second-order valence-electron chi connectivity index (χ2n) is 8.05.